The SMILES string of the molecule is C=CCC(NCCC)c1cccc(OC)c1F. The molecule has 2 nitrogen and oxygen atoms in total. The third kappa shape index (κ3) is 3.56. The maximum absolute atomic E-state index is 14.1. The summed E-state index contributed by atoms with van der Waals surface area (Å²) in [5, 5.41) is 3.31. The molecule has 0 heterocycles. The van der Waals surface area contributed by atoms with Crippen molar-refractivity contribution in [3.05, 3.63) is 42.2 Å². The maximum atomic E-state index is 14.1. The third-order valence-corrected chi connectivity index (χ3v) is 2.63. The van der Waals surface area contributed by atoms with Crippen LogP contribution in [0.25, 0.3) is 0 Å². The standard InChI is InChI=1S/C14H20FNO/c1-4-7-12(16-10-5-2)11-8-6-9-13(17-3)14(11)15/h4,6,8-9,12,16H,1,5,7,10H2,2-3H3. The fourth-order valence-corrected chi connectivity index (χ4v) is 1.76. The highest BCUT2D eigenvalue weighted by Gasteiger charge is 2.16. The van der Waals surface area contributed by atoms with E-state index in [1.165, 1.54) is 7.11 Å². The zero-order valence-electron chi connectivity index (χ0n) is 10.5. The Morgan fingerprint density at radius 3 is 2.88 bits per heavy atom. The van der Waals surface area contributed by atoms with Crippen LogP contribution in [0, 0.1) is 5.82 Å². The zero-order chi connectivity index (χ0) is 12.7. The molecule has 0 aromatic heterocycles. The van der Waals surface area contributed by atoms with Gasteiger partial charge in [-0.15, -0.1) is 6.58 Å². The number of rotatable bonds is 7. The number of benzene rings is 1. The molecule has 1 rings (SSSR count). The summed E-state index contributed by atoms with van der Waals surface area (Å²) in [6.07, 6.45) is 3.51. The number of hydrogen-bond donors (Lipinski definition) is 1. The van der Waals surface area contributed by atoms with Crippen molar-refractivity contribution in [2.75, 3.05) is 13.7 Å². The minimum atomic E-state index is -0.287. The van der Waals surface area contributed by atoms with Gasteiger partial charge in [0.2, 0.25) is 0 Å². The summed E-state index contributed by atoms with van der Waals surface area (Å²) in [5.41, 5.74) is 0.637. The largest absolute Gasteiger partial charge is 0.494 e. The fraction of sp³-hybridized carbons (Fsp3) is 0.429. The normalized spacial score (nSPS) is 12.2. The molecule has 1 aromatic carbocycles. The third-order valence-electron chi connectivity index (χ3n) is 2.63. The molecule has 0 spiro atoms. The van der Waals surface area contributed by atoms with E-state index >= 15 is 0 Å². The lowest BCUT2D eigenvalue weighted by Crippen LogP contribution is -2.22. The molecular weight excluding hydrogens is 217 g/mol. The lowest BCUT2D eigenvalue weighted by molar-refractivity contribution is 0.379. The molecule has 1 unspecified atom stereocenters. The van der Waals surface area contributed by atoms with Crippen molar-refractivity contribution in [3.63, 3.8) is 0 Å². The van der Waals surface area contributed by atoms with Crippen LogP contribution in [0.15, 0.2) is 30.9 Å². The molecule has 0 aliphatic rings. The summed E-state index contributed by atoms with van der Waals surface area (Å²) < 4.78 is 19.1. The van der Waals surface area contributed by atoms with Crippen molar-refractivity contribution in [1.82, 2.24) is 5.32 Å². The summed E-state index contributed by atoms with van der Waals surface area (Å²) in [6.45, 7) is 6.65. The van der Waals surface area contributed by atoms with Gasteiger partial charge in [0, 0.05) is 11.6 Å². The fourth-order valence-electron chi connectivity index (χ4n) is 1.76. The van der Waals surface area contributed by atoms with E-state index in [-0.39, 0.29) is 17.6 Å². The van der Waals surface area contributed by atoms with Crippen LogP contribution < -0.4 is 10.1 Å². The van der Waals surface area contributed by atoms with Gasteiger partial charge in [0.1, 0.15) is 0 Å². The first kappa shape index (κ1) is 13.7. The smallest absolute Gasteiger partial charge is 0.169 e. The summed E-state index contributed by atoms with van der Waals surface area (Å²) >= 11 is 0. The molecule has 0 saturated carbocycles. The lowest BCUT2D eigenvalue weighted by atomic mass is 10.0. The Bertz CT molecular complexity index is 365. The second-order valence-electron chi connectivity index (χ2n) is 3.89. The Kier molecular flexibility index (Phi) is 5.70. The van der Waals surface area contributed by atoms with Gasteiger partial charge in [0.15, 0.2) is 11.6 Å². The van der Waals surface area contributed by atoms with Crippen molar-refractivity contribution >= 4 is 0 Å². The summed E-state index contributed by atoms with van der Waals surface area (Å²) in [4.78, 5) is 0. The van der Waals surface area contributed by atoms with Gasteiger partial charge in [0.25, 0.3) is 0 Å². The van der Waals surface area contributed by atoms with Crippen LogP contribution in [0.1, 0.15) is 31.4 Å². The molecule has 0 aliphatic carbocycles. The molecular formula is C14H20FNO. The van der Waals surface area contributed by atoms with E-state index < -0.39 is 0 Å². The summed E-state index contributed by atoms with van der Waals surface area (Å²) in [7, 11) is 1.48. The number of hydrogen-bond acceptors (Lipinski definition) is 2. The van der Waals surface area contributed by atoms with E-state index in [1.54, 1.807) is 24.3 Å². The van der Waals surface area contributed by atoms with Crippen molar-refractivity contribution in [2.45, 2.75) is 25.8 Å². The highest BCUT2D eigenvalue weighted by atomic mass is 19.1. The molecule has 1 aromatic rings. The van der Waals surface area contributed by atoms with Crippen LogP contribution in [0.4, 0.5) is 4.39 Å². The predicted molar refractivity (Wildman–Crippen MR) is 68.8 cm³/mol. The lowest BCUT2D eigenvalue weighted by Gasteiger charge is -2.18. The monoisotopic (exact) mass is 237 g/mol. The van der Waals surface area contributed by atoms with E-state index in [9.17, 15) is 4.39 Å². The molecule has 1 atom stereocenters. The number of methoxy groups -OCH3 is 1. The van der Waals surface area contributed by atoms with Crippen LogP contribution >= 0.6 is 0 Å². The average molecular weight is 237 g/mol. The topological polar surface area (TPSA) is 21.3 Å². The summed E-state index contributed by atoms with van der Waals surface area (Å²) in [5.74, 6) is 0.000291. The van der Waals surface area contributed by atoms with Crippen LogP contribution in [0.5, 0.6) is 5.75 Å². The Morgan fingerprint density at radius 2 is 2.29 bits per heavy atom. The van der Waals surface area contributed by atoms with Gasteiger partial charge in [-0.25, -0.2) is 4.39 Å². The first-order chi connectivity index (χ1) is 8.24. The molecule has 3 heteroatoms. The first-order valence-electron chi connectivity index (χ1n) is 5.91. The molecule has 0 saturated heterocycles. The number of halogens is 1. The van der Waals surface area contributed by atoms with Gasteiger partial charge in [0.05, 0.1) is 7.11 Å². The van der Waals surface area contributed by atoms with Gasteiger partial charge in [-0.1, -0.05) is 25.1 Å². The quantitative estimate of drug-likeness (QED) is 0.733. The molecule has 0 radical (unpaired) electrons. The van der Waals surface area contributed by atoms with E-state index in [2.05, 4.69) is 18.8 Å². The highest BCUT2D eigenvalue weighted by Crippen LogP contribution is 2.26. The van der Waals surface area contributed by atoms with Crippen LogP contribution in [-0.4, -0.2) is 13.7 Å². The average Bonchev–Trinajstić information content (AvgIpc) is 2.35. The second-order valence-corrected chi connectivity index (χ2v) is 3.89. The number of ether oxygens (including phenoxy) is 1. The van der Waals surface area contributed by atoms with E-state index in [4.69, 9.17) is 4.74 Å². The Morgan fingerprint density at radius 1 is 1.53 bits per heavy atom. The van der Waals surface area contributed by atoms with Crippen molar-refractivity contribution in [1.29, 1.82) is 0 Å². The van der Waals surface area contributed by atoms with Crippen LogP contribution in [0.2, 0.25) is 0 Å². The first-order valence-corrected chi connectivity index (χ1v) is 5.91. The van der Waals surface area contributed by atoms with E-state index in [0.717, 1.165) is 13.0 Å². The highest BCUT2D eigenvalue weighted by molar-refractivity contribution is 5.33. The van der Waals surface area contributed by atoms with E-state index in [0.29, 0.717) is 12.0 Å². The van der Waals surface area contributed by atoms with Gasteiger partial charge in [-0.05, 0) is 25.5 Å². The minimum Gasteiger partial charge on any atom is -0.494 e. The predicted octanol–water partition coefficient (Wildman–Crippen LogP) is 3.45. The van der Waals surface area contributed by atoms with E-state index in [1.807, 2.05) is 0 Å². The Hall–Kier alpha value is -1.35. The van der Waals surface area contributed by atoms with Crippen LogP contribution in [0.3, 0.4) is 0 Å². The van der Waals surface area contributed by atoms with Gasteiger partial charge in [-0.2, -0.15) is 0 Å². The van der Waals surface area contributed by atoms with Gasteiger partial charge >= 0.3 is 0 Å². The summed E-state index contributed by atoms with van der Waals surface area (Å²) in [6, 6.07) is 5.18. The number of nitrogens with one attached hydrogen (secondary N) is 1. The maximum Gasteiger partial charge on any atom is 0.169 e. The Labute approximate surface area is 102 Å². The second kappa shape index (κ2) is 7.07. The molecule has 0 amide bonds. The molecule has 0 aliphatic heterocycles. The van der Waals surface area contributed by atoms with Gasteiger partial charge in [-0.3, -0.25) is 0 Å². The minimum absolute atomic E-state index is 0.0393. The zero-order valence-corrected chi connectivity index (χ0v) is 10.5. The van der Waals surface area contributed by atoms with Crippen molar-refractivity contribution in [2.24, 2.45) is 0 Å². The molecule has 94 valence electrons. The van der Waals surface area contributed by atoms with Crippen molar-refractivity contribution in [3.8, 4) is 5.75 Å². The van der Waals surface area contributed by atoms with Crippen molar-refractivity contribution < 1.29 is 9.13 Å². The molecule has 0 bridgehead atoms. The molecule has 1 N–H and O–H groups in total. The van der Waals surface area contributed by atoms with Gasteiger partial charge < -0.3 is 10.1 Å². The molecule has 0 fully saturated rings. The Balaban J connectivity index is 2.95. The molecule has 17 heavy (non-hydrogen) atoms. The van der Waals surface area contributed by atoms with Crippen LogP contribution in [-0.2, 0) is 0 Å².